The van der Waals surface area contributed by atoms with Gasteiger partial charge in [-0.15, -0.1) is 11.3 Å². The van der Waals surface area contributed by atoms with Gasteiger partial charge in [0.25, 0.3) is 0 Å². The first-order valence-electron chi connectivity index (χ1n) is 6.41. The zero-order valence-corrected chi connectivity index (χ0v) is 12.3. The van der Waals surface area contributed by atoms with Crippen LogP contribution in [0, 0.1) is 13.8 Å². The van der Waals surface area contributed by atoms with E-state index in [9.17, 15) is 15.0 Å². The molecule has 1 saturated heterocycles. The van der Waals surface area contributed by atoms with Gasteiger partial charge >= 0.3 is 0 Å². The van der Waals surface area contributed by atoms with Gasteiger partial charge in [0.1, 0.15) is 0 Å². The van der Waals surface area contributed by atoms with Crippen molar-refractivity contribution in [3.63, 3.8) is 0 Å². The molecule has 0 saturated carbocycles. The van der Waals surface area contributed by atoms with Crippen LogP contribution in [0.3, 0.4) is 0 Å². The third-order valence-corrected chi connectivity index (χ3v) is 4.74. The van der Waals surface area contributed by atoms with Crippen LogP contribution < -0.4 is 0 Å². The number of nitrogens with zero attached hydrogens (tertiary/aromatic N) is 2. The number of aliphatic hydroxyl groups excluding tert-OH is 1. The molecule has 106 valence electrons. The molecule has 2 atom stereocenters. The van der Waals surface area contributed by atoms with Crippen LogP contribution in [0.5, 0.6) is 0 Å². The fraction of sp³-hybridized carbons (Fsp3) is 0.692. The van der Waals surface area contributed by atoms with Crippen LogP contribution in [0.25, 0.3) is 0 Å². The van der Waals surface area contributed by atoms with Crippen molar-refractivity contribution >= 4 is 17.2 Å². The van der Waals surface area contributed by atoms with Gasteiger partial charge in [-0.1, -0.05) is 0 Å². The molecule has 0 radical (unpaired) electrons. The molecular weight excluding hydrogens is 264 g/mol. The molecule has 1 aliphatic heterocycles. The summed E-state index contributed by atoms with van der Waals surface area (Å²) in [6.45, 7) is 6.12. The van der Waals surface area contributed by atoms with E-state index in [2.05, 4.69) is 4.98 Å². The van der Waals surface area contributed by atoms with E-state index in [1.807, 2.05) is 13.8 Å². The lowest BCUT2D eigenvalue weighted by molar-refractivity contribution is -0.145. The summed E-state index contributed by atoms with van der Waals surface area (Å²) >= 11 is 1.54. The first kappa shape index (κ1) is 14.4. The molecule has 2 heterocycles. The molecule has 0 unspecified atom stereocenters. The minimum atomic E-state index is -1.09. The van der Waals surface area contributed by atoms with E-state index in [0.29, 0.717) is 19.4 Å². The quantitative estimate of drug-likeness (QED) is 0.836. The zero-order chi connectivity index (χ0) is 14.2. The summed E-state index contributed by atoms with van der Waals surface area (Å²) in [7, 11) is 0. The van der Waals surface area contributed by atoms with Crippen molar-refractivity contribution in [3.8, 4) is 0 Å². The molecule has 0 spiro atoms. The summed E-state index contributed by atoms with van der Waals surface area (Å²) in [5.74, 6) is -0.0127. The summed E-state index contributed by atoms with van der Waals surface area (Å²) in [6.07, 6.45) is -0.151. The molecule has 2 N–H and O–H groups in total. The van der Waals surface area contributed by atoms with Gasteiger partial charge in [0.05, 0.1) is 28.8 Å². The van der Waals surface area contributed by atoms with Gasteiger partial charge in [-0.25, -0.2) is 4.98 Å². The third kappa shape index (κ3) is 3.13. The lowest BCUT2D eigenvalue weighted by Gasteiger charge is -2.39. The van der Waals surface area contributed by atoms with Crippen LogP contribution in [0.1, 0.15) is 28.9 Å². The standard InChI is InChI=1S/C13H20N2O3S/c1-8-10(19-9(2)14-8)6-12(17)15-5-4-13(3,18)11(16)7-15/h11,16,18H,4-7H2,1-3H3/t11-,13+/m0/s1. The summed E-state index contributed by atoms with van der Waals surface area (Å²) in [4.78, 5) is 19.1. The number of piperidine rings is 1. The highest BCUT2D eigenvalue weighted by Gasteiger charge is 2.37. The Balaban J connectivity index is 2.00. The van der Waals surface area contributed by atoms with E-state index in [1.165, 1.54) is 11.3 Å². The topological polar surface area (TPSA) is 73.7 Å². The van der Waals surface area contributed by atoms with Crippen LogP contribution in [-0.2, 0) is 11.2 Å². The Bertz CT molecular complexity index is 484. The number of amides is 1. The first-order chi connectivity index (χ1) is 8.79. The average Bonchev–Trinajstić information content (AvgIpc) is 2.61. The highest BCUT2D eigenvalue weighted by atomic mass is 32.1. The number of aromatic nitrogens is 1. The highest BCUT2D eigenvalue weighted by Crippen LogP contribution is 2.24. The summed E-state index contributed by atoms with van der Waals surface area (Å²) in [6, 6.07) is 0. The van der Waals surface area contributed by atoms with Crippen molar-refractivity contribution in [2.24, 2.45) is 0 Å². The smallest absolute Gasteiger partial charge is 0.227 e. The lowest BCUT2D eigenvalue weighted by Crippen LogP contribution is -2.55. The van der Waals surface area contributed by atoms with Gasteiger partial charge in [0.15, 0.2) is 0 Å². The van der Waals surface area contributed by atoms with Gasteiger partial charge in [-0.3, -0.25) is 4.79 Å². The molecular formula is C13H20N2O3S. The molecule has 1 aliphatic rings. The van der Waals surface area contributed by atoms with Gasteiger partial charge < -0.3 is 15.1 Å². The largest absolute Gasteiger partial charge is 0.388 e. The van der Waals surface area contributed by atoms with E-state index in [4.69, 9.17) is 0 Å². The van der Waals surface area contributed by atoms with Crippen molar-refractivity contribution in [2.45, 2.75) is 45.3 Å². The van der Waals surface area contributed by atoms with Crippen LogP contribution in [0.4, 0.5) is 0 Å². The van der Waals surface area contributed by atoms with Crippen LogP contribution in [-0.4, -0.2) is 50.8 Å². The number of hydrogen-bond acceptors (Lipinski definition) is 5. The van der Waals surface area contributed by atoms with E-state index in [-0.39, 0.29) is 12.5 Å². The van der Waals surface area contributed by atoms with Gasteiger partial charge in [0.2, 0.25) is 5.91 Å². The highest BCUT2D eigenvalue weighted by molar-refractivity contribution is 7.11. The Hall–Kier alpha value is -0.980. The fourth-order valence-electron chi connectivity index (χ4n) is 2.24. The maximum absolute atomic E-state index is 12.2. The second-order valence-corrected chi connectivity index (χ2v) is 6.67. The van der Waals surface area contributed by atoms with Crippen molar-refractivity contribution < 1.29 is 15.0 Å². The maximum atomic E-state index is 12.2. The number of rotatable bonds is 2. The van der Waals surface area contributed by atoms with Crippen molar-refractivity contribution in [2.75, 3.05) is 13.1 Å². The second-order valence-electron chi connectivity index (χ2n) is 5.38. The summed E-state index contributed by atoms with van der Waals surface area (Å²) in [5.41, 5.74) is -0.186. The fourth-order valence-corrected chi connectivity index (χ4v) is 3.17. The predicted molar refractivity (Wildman–Crippen MR) is 73.1 cm³/mol. The molecule has 0 aliphatic carbocycles. The number of aryl methyl sites for hydroxylation is 2. The normalized spacial score (nSPS) is 27.6. The van der Waals surface area contributed by atoms with Crippen molar-refractivity contribution in [1.29, 1.82) is 0 Å². The molecule has 5 nitrogen and oxygen atoms in total. The van der Waals surface area contributed by atoms with Gasteiger partial charge in [0, 0.05) is 18.0 Å². The molecule has 0 aromatic carbocycles. The molecule has 19 heavy (non-hydrogen) atoms. The molecule has 1 amide bonds. The number of aliphatic hydroxyl groups is 2. The van der Waals surface area contributed by atoms with Crippen LogP contribution in [0.2, 0.25) is 0 Å². The lowest BCUT2D eigenvalue weighted by atomic mass is 9.90. The Morgan fingerprint density at radius 2 is 2.26 bits per heavy atom. The predicted octanol–water partition coefficient (Wildman–Crippen LogP) is 0.647. The van der Waals surface area contributed by atoms with Crippen molar-refractivity contribution in [3.05, 3.63) is 15.6 Å². The van der Waals surface area contributed by atoms with Gasteiger partial charge in [-0.05, 0) is 27.2 Å². The molecule has 0 bridgehead atoms. The first-order valence-corrected chi connectivity index (χ1v) is 7.22. The average molecular weight is 284 g/mol. The summed E-state index contributed by atoms with van der Waals surface area (Å²) in [5, 5.41) is 20.7. The SMILES string of the molecule is Cc1nc(C)c(CC(=O)N2CC[C@@](C)(O)[C@@H](O)C2)s1. The Morgan fingerprint density at radius 1 is 1.58 bits per heavy atom. The second kappa shape index (κ2) is 5.19. The number of likely N-dealkylation sites (tertiary alicyclic amines) is 1. The number of carbonyl (C=O) groups excluding carboxylic acids is 1. The number of β-amino-alcohol motifs (C(OH)–C–C–N with tert-alkyl or cyclic N) is 1. The number of thiazole rings is 1. The number of carbonyl (C=O) groups is 1. The maximum Gasteiger partial charge on any atom is 0.227 e. The van der Waals surface area contributed by atoms with E-state index in [0.717, 1.165) is 15.6 Å². The zero-order valence-electron chi connectivity index (χ0n) is 11.5. The van der Waals surface area contributed by atoms with Gasteiger partial charge in [-0.2, -0.15) is 0 Å². The molecule has 2 rings (SSSR count). The minimum Gasteiger partial charge on any atom is -0.388 e. The van der Waals surface area contributed by atoms with E-state index < -0.39 is 11.7 Å². The third-order valence-electron chi connectivity index (χ3n) is 3.66. The van der Waals surface area contributed by atoms with Crippen molar-refractivity contribution in [1.82, 2.24) is 9.88 Å². The van der Waals surface area contributed by atoms with Crippen LogP contribution >= 0.6 is 11.3 Å². The molecule has 1 aromatic rings. The number of hydrogen-bond donors (Lipinski definition) is 2. The van der Waals surface area contributed by atoms with Crippen LogP contribution in [0.15, 0.2) is 0 Å². The Kier molecular flexibility index (Phi) is 3.94. The molecule has 6 heteroatoms. The molecule has 1 fully saturated rings. The Labute approximate surface area is 116 Å². The Morgan fingerprint density at radius 3 is 2.79 bits per heavy atom. The van der Waals surface area contributed by atoms with E-state index in [1.54, 1.807) is 11.8 Å². The summed E-state index contributed by atoms with van der Waals surface area (Å²) < 4.78 is 0. The van der Waals surface area contributed by atoms with E-state index >= 15 is 0 Å². The molecule has 1 aromatic heterocycles. The minimum absolute atomic E-state index is 0.0127. The monoisotopic (exact) mass is 284 g/mol.